The number of amides is 2. The van der Waals surface area contributed by atoms with Crippen LogP contribution in [0.15, 0.2) is 35.7 Å². The minimum Gasteiger partial charge on any atom is -0.482 e. The number of carbonyl (C=O) groups is 3. The van der Waals surface area contributed by atoms with E-state index < -0.39 is 24.4 Å². The smallest absolute Gasteiger partial charge is 0.344 e. The quantitative estimate of drug-likeness (QED) is 0.688. The van der Waals surface area contributed by atoms with E-state index >= 15 is 0 Å². The molecule has 0 aliphatic rings. The van der Waals surface area contributed by atoms with Crippen molar-refractivity contribution in [1.29, 1.82) is 0 Å². The molecule has 3 N–H and O–H groups in total. The largest absolute Gasteiger partial charge is 0.482 e. The first kappa shape index (κ1) is 19.5. The average Bonchev–Trinajstić information content (AvgIpc) is 3.06. The van der Waals surface area contributed by atoms with Crippen LogP contribution in [0, 0.1) is 0 Å². The molecule has 8 heteroatoms. The van der Waals surface area contributed by atoms with Crippen molar-refractivity contribution in [2.45, 2.75) is 19.8 Å². The normalized spacial score (nSPS) is 10.4. The maximum absolute atomic E-state index is 11.8. The number of ether oxygens (including phenoxy) is 2. The molecule has 0 saturated carbocycles. The van der Waals surface area contributed by atoms with Gasteiger partial charge in [-0.05, 0) is 35.1 Å². The minimum absolute atomic E-state index is 0.211. The lowest BCUT2D eigenvalue weighted by molar-refractivity contribution is -0.149. The summed E-state index contributed by atoms with van der Waals surface area (Å²) in [5, 5.41) is 4.42. The molecule has 2 rings (SSSR count). The van der Waals surface area contributed by atoms with Gasteiger partial charge >= 0.3 is 5.97 Å². The van der Waals surface area contributed by atoms with E-state index in [2.05, 4.69) is 19.2 Å². The monoisotopic (exact) mass is 376 g/mol. The zero-order valence-electron chi connectivity index (χ0n) is 14.5. The third-order valence-electron chi connectivity index (χ3n) is 3.45. The summed E-state index contributed by atoms with van der Waals surface area (Å²) < 4.78 is 10.2. The Labute approximate surface area is 155 Å². The SMILES string of the molecule is CC(C)c1ccc(OCC(=O)OCC(=O)Nc2sccc2C(N)=O)cc1. The first-order chi connectivity index (χ1) is 12.4. The summed E-state index contributed by atoms with van der Waals surface area (Å²) in [7, 11) is 0. The Bertz CT molecular complexity index is 783. The molecule has 2 amide bonds. The number of benzene rings is 1. The summed E-state index contributed by atoms with van der Waals surface area (Å²) >= 11 is 1.15. The predicted molar refractivity (Wildman–Crippen MR) is 98.5 cm³/mol. The molecule has 0 aliphatic heterocycles. The number of hydrogen-bond acceptors (Lipinski definition) is 6. The van der Waals surface area contributed by atoms with Crippen molar-refractivity contribution >= 4 is 34.1 Å². The van der Waals surface area contributed by atoms with E-state index in [0.29, 0.717) is 16.7 Å². The Balaban J connectivity index is 1.75. The first-order valence-corrected chi connectivity index (χ1v) is 8.80. The number of rotatable bonds is 8. The van der Waals surface area contributed by atoms with Crippen LogP contribution in [0.5, 0.6) is 5.75 Å². The van der Waals surface area contributed by atoms with Crippen molar-refractivity contribution in [3.8, 4) is 5.75 Å². The zero-order chi connectivity index (χ0) is 19.1. The minimum atomic E-state index is -0.672. The zero-order valence-corrected chi connectivity index (χ0v) is 15.3. The first-order valence-electron chi connectivity index (χ1n) is 7.92. The summed E-state index contributed by atoms with van der Waals surface area (Å²) in [5.74, 6) is -0.930. The Hall–Kier alpha value is -2.87. The van der Waals surface area contributed by atoms with Crippen molar-refractivity contribution in [1.82, 2.24) is 0 Å². The highest BCUT2D eigenvalue weighted by molar-refractivity contribution is 7.14. The average molecular weight is 376 g/mol. The maximum Gasteiger partial charge on any atom is 0.344 e. The Kier molecular flexibility index (Phi) is 6.74. The molecule has 0 atom stereocenters. The molecule has 26 heavy (non-hydrogen) atoms. The molecule has 0 fully saturated rings. The number of carbonyl (C=O) groups excluding carboxylic acids is 3. The van der Waals surface area contributed by atoms with E-state index in [1.165, 1.54) is 11.6 Å². The summed E-state index contributed by atoms with van der Waals surface area (Å²) in [5.41, 5.74) is 6.57. The Morgan fingerprint density at radius 1 is 1.12 bits per heavy atom. The molecule has 1 heterocycles. The number of thiophene rings is 1. The summed E-state index contributed by atoms with van der Waals surface area (Å²) in [6, 6.07) is 8.91. The number of anilines is 1. The van der Waals surface area contributed by atoms with Gasteiger partial charge in [-0.25, -0.2) is 4.79 Å². The van der Waals surface area contributed by atoms with Gasteiger partial charge in [-0.3, -0.25) is 9.59 Å². The van der Waals surface area contributed by atoms with Crippen LogP contribution in [0.4, 0.5) is 5.00 Å². The molecule has 0 aliphatic carbocycles. The van der Waals surface area contributed by atoms with E-state index in [9.17, 15) is 14.4 Å². The highest BCUT2D eigenvalue weighted by atomic mass is 32.1. The molecular weight excluding hydrogens is 356 g/mol. The second-order valence-electron chi connectivity index (χ2n) is 5.75. The highest BCUT2D eigenvalue weighted by Gasteiger charge is 2.14. The van der Waals surface area contributed by atoms with Crippen LogP contribution in [0.3, 0.4) is 0 Å². The van der Waals surface area contributed by atoms with E-state index in [1.807, 2.05) is 12.1 Å². The summed E-state index contributed by atoms with van der Waals surface area (Å²) in [6.45, 7) is 3.38. The van der Waals surface area contributed by atoms with Gasteiger partial charge in [0.2, 0.25) is 0 Å². The maximum atomic E-state index is 11.8. The second kappa shape index (κ2) is 9.00. The molecule has 1 aromatic heterocycles. The van der Waals surface area contributed by atoms with Gasteiger partial charge in [-0.15, -0.1) is 11.3 Å². The fourth-order valence-electron chi connectivity index (χ4n) is 2.04. The lowest BCUT2D eigenvalue weighted by Gasteiger charge is -2.09. The van der Waals surface area contributed by atoms with Crippen molar-refractivity contribution < 1.29 is 23.9 Å². The predicted octanol–water partition coefficient (Wildman–Crippen LogP) is 2.53. The fourth-order valence-corrected chi connectivity index (χ4v) is 2.85. The standard InChI is InChI=1S/C18H20N2O5S/c1-11(2)12-3-5-13(6-4-12)24-10-16(22)25-9-15(21)20-18-14(17(19)23)7-8-26-18/h3-8,11H,9-10H2,1-2H3,(H2,19,23)(H,20,21). The lowest BCUT2D eigenvalue weighted by Crippen LogP contribution is -2.24. The van der Waals surface area contributed by atoms with Gasteiger partial charge in [0, 0.05) is 0 Å². The molecule has 138 valence electrons. The number of nitrogens with one attached hydrogen (secondary N) is 1. The summed E-state index contributed by atoms with van der Waals surface area (Å²) in [6.07, 6.45) is 0. The van der Waals surface area contributed by atoms with Crippen molar-refractivity contribution in [3.63, 3.8) is 0 Å². The van der Waals surface area contributed by atoms with Crippen LogP contribution in [0.2, 0.25) is 0 Å². The molecule has 7 nitrogen and oxygen atoms in total. The van der Waals surface area contributed by atoms with Gasteiger partial charge in [0.1, 0.15) is 10.8 Å². The van der Waals surface area contributed by atoms with Crippen LogP contribution in [0.25, 0.3) is 0 Å². The Morgan fingerprint density at radius 3 is 2.42 bits per heavy atom. The molecule has 0 unspecified atom stereocenters. The van der Waals surface area contributed by atoms with Crippen LogP contribution in [0.1, 0.15) is 35.7 Å². The van der Waals surface area contributed by atoms with Crippen LogP contribution in [-0.4, -0.2) is 31.0 Å². The fraction of sp³-hybridized carbons (Fsp3) is 0.278. The molecule has 0 spiro atoms. The van der Waals surface area contributed by atoms with Gasteiger partial charge in [0.05, 0.1) is 5.56 Å². The van der Waals surface area contributed by atoms with Crippen molar-refractivity contribution in [2.24, 2.45) is 5.73 Å². The Morgan fingerprint density at radius 2 is 1.81 bits per heavy atom. The van der Waals surface area contributed by atoms with E-state index in [1.54, 1.807) is 17.5 Å². The second-order valence-corrected chi connectivity index (χ2v) is 6.67. The van der Waals surface area contributed by atoms with E-state index in [0.717, 1.165) is 11.3 Å². The van der Waals surface area contributed by atoms with Crippen LogP contribution in [-0.2, 0) is 14.3 Å². The van der Waals surface area contributed by atoms with E-state index in [-0.39, 0.29) is 12.2 Å². The van der Waals surface area contributed by atoms with Gasteiger partial charge < -0.3 is 20.5 Å². The molecular formula is C18H20N2O5S. The van der Waals surface area contributed by atoms with Gasteiger partial charge in [-0.1, -0.05) is 26.0 Å². The van der Waals surface area contributed by atoms with E-state index in [4.69, 9.17) is 15.2 Å². The highest BCUT2D eigenvalue weighted by Crippen LogP contribution is 2.22. The molecule has 1 aromatic carbocycles. The van der Waals surface area contributed by atoms with Gasteiger partial charge in [0.25, 0.3) is 11.8 Å². The lowest BCUT2D eigenvalue weighted by atomic mass is 10.0. The molecule has 0 saturated heterocycles. The number of primary amides is 1. The van der Waals surface area contributed by atoms with Crippen molar-refractivity contribution in [3.05, 3.63) is 46.8 Å². The third-order valence-corrected chi connectivity index (χ3v) is 4.28. The van der Waals surface area contributed by atoms with Crippen molar-refractivity contribution in [2.75, 3.05) is 18.5 Å². The van der Waals surface area contributed by atoms with Gasteiger partial charge in [0.15, 0.2) is 13.2 Å². The van der Waals surface area contributed by atoms with Crippen LogP contribution >= 0.6 is 11.3 Å². The third kappa shape index (κ3) is 5.59. The number of hydrogen-bond donors (Lipinski definition) is 2. The number of nitrogens with two attached hydrogens (primary N) is 1. The van der Waals surface area contributed by atoms with Gasteiger partial charge in [-0.2, -0.15) is 0 Å². The molecule has 0 radical (unpaired) electrons. The summed E-state index contributed by atoms with van der Waals surface area (Å²) in [4.78, 5) is 34.6. The number of esters is 1. The molecule has 2 aromatic rings. The topological polar surface area (TPSA) is 108 Å². The van der Waals surface area contributed by atoms with Crippen LogP contribution < -0.4 is 15.8 Å². The molecule has 0 bridgehead atoms.